The SMILES string of the molecule is COc1c(-c2ccc(O)c(O)c2)oc2cc(O[C@@H]3O[C@H](C(=O)O)[C@H](O)[C@@H](O)[C@@H]3O)cc(O)c2c1=O. The Balaban J connectivity index is 1.79. The summed E-state index contributed by atoms with van der Waals surface area (Å²) in [7, 11) is 1.19. The minimum Gasteiger partial charge on any atom is -0.507 e. The lowest BCUT2D eigenvalue weighted by molar-refractivity contribution is -0.271. The highest BCUT2D eigenvalue weighted by Gasteiger charge is 2.48. The summed E-state index contributed by atoms with van der Waals surface area (Å²) in [6.45, 7) is 0. The largest absolute Gasteiger partial charge is 0.507 e. The van der Waals surface area contributed by atoms with Crippen molar-refractivity contribution in [3.63, 3.8) is 0 Å². The Morgan fingerprint density at radius 2 is 1.66 bits per heavy atom. The first kappa shape index (κ1) is 24.1. The Hall–Kier alpha value is -4.04. The fraction of sp³-hybridized carbons (Fsp3) is 0.273. The molecule has 1 saturated heterocycles. The number of hydrogen-bond acceptors (Lipinski definition) is 12. The molecule has 1 aliphatic heterocycles. The quantitative estimate of drug-likeness (QED) is 0.231. The number of benzene rings is 2. The molecule has 7 N–H and O–H groups in total. The first-order valence-electron chi connectivity index (χ1n) is 10.0. The number of aliphatic hydroxyl groups excluding tert-OH is 3. The second kappa shape index (κ2) is 8.96. The van der Waals surface area contributed by atoms with Crippen molar-refractivity contribution in [1.82, 2.24) is 0 Å². The minimum absolute atomic E-state index is 0.148. The van der Waals surface area contributed by atoms with E-state index in [9.17, 15) is 40.2 Å². The van der Waals surface area contributed by atoms with Crippen molar-refractivity contribution in [2.24, 2.45) is 0 Å². The second-order valence-corrected chi connectivity index (χ2v) is 7.67. The summed E-state index contributed by atoms with van der Waals surface area (Å²) in [4.78, 5) is 24.3. The number of ether oxygens (including phenoxy) is 3. The van der Waals surface area contributed by atoms with E-state index in [0.29, 0.717) is 0 Å². The fourth-order valence-electron chi connectivity index (χ4n) is 3.65. The van der Waals surface area contributed by atoms with E-state index >= 15 is 0 Å². The number of phenols is 3. The highest BCUT2D eigenvalue weighted by molar-refractivity contribution is 5.88. The molecule has 1 aromatic heterocycles. The number of methoxy groups -OCH3 is 1. The number of rotatable bonds is 5. The van der Waals surface area contributed by atoms with E-state index in [1.807, 2.05) is 0 Å². The van der Waals surface area contributed by atoms with Crippen LogP contribution < -0.4 is 14.9 Å². The van der Waals surface area contributed by atoms with Gasteiger partial charge in [0.25, 0.3) is 0 Å². The number of aliphatic hydroxyl groups is 3. The van der Waals surface area contributed by atoms with Crippen LogP contribution in [0, 0.1) is 0 Å². The van der Waals surface area contributed by atoms with E-state index < -0.39 is 59.4 Å². The Morgan fingerprint density at radius 3 is 2.29 bits per heavy atom. The fourth-order valence-corrected chi connectivity index (χ4v) is 3.65. The van der Waals surface area contributed by atoms with Gasteiger partial charge in [0.15, 0.2) is 23.4 Å². The van der Waals surface area contributed by atoms with Crippen LogP contribution in [-0.2, 0) is 9.53 Å². The van der Waals surface area contributed by atoms with Crippen molar-refractivity contribution in [3.8, 4) is 40.1 Å². The molecule has 2 aromatic carbocycles. The van der Waals surface area contributed by atoms with Crippen LogP contribution in [0.25, 0.3) is 22.3 Å². The predicted molar refractivity (Wildman–Crippen MR) is 114 cm³/mol. The number of carboxylic acids is 1. The maximum Gasteiger partial charge on any atom is 0.335 e. The van der Waals surface area contributed by atoms with Gasteiger partial charge in [-0.1, -0.05) is 0 Å². The van der Waals surface area contributed by atoms with Crippen LogP contribution >= 0.6 is 0 Å². The number of aliphatic carboxylic acids is 1. The normalized spacial score (nSPS) is 24.3. The van der Waals surface area contributed by atoms with E-state index in [4.69, 9.17) is 23.7 Å². The van der Waals surface area contributed by atoms with Crippen molar-refractivity contribution >= 4 is 16.9 Å². The van der Waals surface area contributed by atoms with Crippen LogP contribution in [0.5, 0.6) is 28.7 Å². The summed E-state index contributed by atoms with van der Waals surface area (Å²) >= 11 is 0. The average Bonchev–Trinajstić information content (AvgIpc) is 2.80. The maximum atomic E-state index is 13.0. The standard InChI is InChI=1S/C22H20O13/c1-32-19-14(26)13-11(25)5-8(33-22-17(29)15(27)16(28)20(35-22)21(30)31)6-12(13)34-18(19)7-2-3-9(23)10(24)4-7/h2-6,15-17,20,22-25,27-29H,1H3,(H,30,31)/t15-,16-,17+,20+,22-/m1/s1. The lowest BCUT2D eigenvalue weighted by Gasteiger charge is -2.38. The predicted octanol–water partition coefficient (Wildman–Crippen LogP) is -0.144. The average molecular weight is 492 g/mol. The first-order valence-corrected chi connectivity index (χ1v) is 10.0. The first-order chi connectivity index (χ1) is 16.5. The number of fused-ring (bicyclic) bond motifs is 1. The van der Waals surface area contributed by atoms with Crippen LogP contribution in [0.4, 0.5) is 0 Å². The smallest absolute Gasteiger partial charge is 0.335 e. The zero-order valence-electron chi connectivity index (χ0n) is 17.9. The van der Waals surface area contributed by atoms with Crippen molar-refractivity contribution in [2.45, 2.75) is 30.7 Å². The van der Waals surface area contributed by atoms with E-state index in [0.717, 1.165) is 24.3 Å². The molecular weight excluding hydrogens is 472 g/mol. The molecule has 35 heavy (non-hydrogen) atoms. The Kier molecular flexibility index (Phi) is 6.17. The van der Waals surface area contributed by atoms with Gasteiger partial charge in [-0.05, 0) is 18.2 Å². The molecule has 0 saturated carbocycles. The molecule has 0 radical (unpaired) electrons. The van der Waals surface area contributed by atoms with Gasteiger partial charge in [-0.3, -0.25) is 4.79 Å². The van der Waals surface area contributed by atoms with E-state index in [1.54, 1.807) is 0 Å². The number of aromatic hydroxyl groups is 3. The number of carboxylic acid groups (broad SMARTS) is 1. The topological polar surface area (TPSA) is 217 Å². The number of phenolic OH excluding ortho intramolecular Hbond substituents is 3. The zero-order valence-corrected chi connectivity index (χ0v) is 17.9. The van der Waals surface area contributed by atoms with Gasteiger partial charge >= 0.3 is 5.97 Å². The van der Waals surface area contributed by atoms with Crippen LogP contribution in [0.3, 0.4) is 0 Å². The number of carbonyl (C=O) groups is 1. The van der Waals surface area contributed by atoms with Gasteiger partial charge in [0.05, 0.1) is 7.11 Å². The van der Waals surface area contributed by atoms with Crippen molar-refractivity contribution in [3.05, 3.63) is 40.6 Å². The number of hydrogen-bond donors (Lipinski definition) is 7. The van der Waals surface area contributed by atoms with Crippen LogP contribution in [0.1, 0.15) is 0 Å². The maximum absolute atomic E-state index is 13.0. The third kappa shape index (κ3) is 4.17. The van der Waals surface area contributed by atoms with Gasteiger partial charge in [0, 0.05) is 17.7 Å². The summed E-state index contributed by atoms with van der Waals surface area (Å²) < 4.78 is 21.3. The van der Waals surface area contributed by atoms with Gasteiger partial charge in [0.1, 0.15) is 40.8 Å². The summed E-state index contributed by atoms with van der Waals surface area (Å²) in [6.07, 6.45) is -9.40. The molecule has 0 spiro atoms. The Bertz CT molecular complexity index is 1350. The van der Waals surface area contributed by atoms with Gasteiger partial charge < -0.3 is 54.4 Å². The molecular formula is C22H20O13. The van der Waals surface area contributed by atoms with E-state index in [-0.39, 0.29) is 33.8 Å². The third-order valence-electron chi connectivity index (χ3n) is 5.41. The molecule has 5 atom stereocenters. The van der Waals surface area contributed by atoms with Gasteiger partial charge in [-0.2, -0.15) is 0 Å². The van der Waals surface area contributed by atoms with E-state index in [1.165, 1.54) is 13.2 Å². The highest BCUT2D eigenvalue weighted by atomic mass is 16.7. The monoisotopic (exact) mass is 492 g/mol. The Morgan fingerprint density at radius 1 is 0.943 bits per heavy atom. The van der Waals surface area contributed by atoms with Crippen LogP contribution in [-0.4, -0.2) is 79.5 Å². The molecule has 4 rings (SSSR count). The molecule has 1 aliphatic rings. The molecule has 0 aliphatic carbocycles. The van der Waals surface area contributed by atoms with Gasteiger partial charge in [-0.15, -0.1) is 0 Å². The van der Waals surface area contributed by atoms with Crippen molar-refractivity contribution < 1.29 is 59.2 Å². The summed E-state index contributed by atoms with van der Waals surface area (Å²) in [6, 6.07) is 5.71. The van der Waals surface area contributed by atoms with Gasteiger partial charge in [0.2, 0.25) is 17.5 Å². The lowest BCUT2D eigenvalue weighted by Crippen LogP contribution is -2.61. The summed E-state index contributed by atoms with van der Waals surface area (Å²) in [5.74, 6) is -3.86. The van der Waals surface area contributed by atoms with Crippen LogP contribution in [0.2, 0.25) is 0 Å². The highest BCUT2D eigenvalue weighted by Crippen LogP contribution is 2.38. The molecule has 1 fully saturated rings. The molecule has 0 bridgehead atoms. The van der Waals surface area contributed by atoms with E-state index in [2.05, 4.69) is 0 Å². The molecule has 0 unspecified atom stereocenters. The van der Waals surface area contributed by atoms with Crippen molar-refractivity contribution in [2.75, 3.05) is 7.11 Å². The molecule has 0 amide bonds. The molecule has 13 heteroatoms. The summed E-state index contributed by atoms with van der Waals surface area (Å²) in [5.41, 5.74) is -0.859. The lowest BCUT2D eigenvalue weighted by atomic mass is 9.99. The third-order valence-corrected chi connectivity index (χ3v) is 5.41. The molecule has 3 aromatic rings. The van der Waals surface area contributed by atoms with Crippen molar-refractivity contribution in [1.29, 1.82) is 0 Å². The second-order valence-electron chi connectivity index (χ2n) is 7.67. The van der Waals surface area contributed by atoms with Crippen LogP contribution in [0.15, 0.2) is 39.5 Å². The molecule has 13 nitrogen and oxygen atoms in total. The molecule has 2 heterocycles. The van der Waals surface area contributed by atoms with Gasteiger partial charge in [-0.25, -0.2) is 4.79 Å². The summed E-state index contributed by atoms with van der Waals surface area (Å²) in [5, 5.41) is 68.6. The minimum atomic E-state index is -1.93. The molecule has 186 valence electrons. The zero-order chi connectivity index (χ0) is 25.6. The Labute approximate surface area is 195 Å².